The van der Waals surface area contributed by atoms with Crippen molar-refractivity contribution in [2.45, 2.75) is 6.92 Å². The first kappa shape index (κ1) is 14.7. The fraction of sp³-hybridized carbons (Fsp3) is 0.462. The van der Waals surface area contributed by atoms with Crippen LogP contribution in [0.1, 0.15) is 17.3 Å². The summed E-state index contributed by atoms with van der Waals surface area (Å²) in [6.07, 6.45) is 0. The summed E-state index contributed by atoms with van der Waals surface area (Å²) in [6.45, 7) is 2.60. The van der Waals surface area contributed by atoms with Crippen LogP contribution >= 0.6 is 12.6 Å². The number of esters is 1. The third-order valence-corrected chi connectivity index (χ3v) is 3.04. The Morgan fingerprint density at radius 1 is 1.33 bits per heavy atom. The molecule has 0 aromatic heterocycles. The number of benzene rings is 1. The van der Waals surface area contributed by atoms with Crippen LogP contribution in [0.4, 0.5) is 0 Å². The summed E-state index contributed by atoms with van der Waals surface area (Å²) in [5, 5.41) is 0. The quantitative estimate of drug-likeness (QED) is 0.637. The lowest BCUT2D eigenvalue weighted by molar-refractivity contribution is 0.0600. The Labute approximate surface area is 113 Å². The van der Waals surface area contributed by atoms with Gasteiger partial charge in [0, 0.05) is 0 Å². The highest BCUT2D eigenvalue weighted by Crippen LogP contribution is 2.28. The van der Waals surface area contributed by atoms with E-state index in [1.54, 1.807) is 18.2 Å². The Morgan fingerprint density at radius 3 is 2.61 bits per heavy atom. The van der Waals surface area contributed by atoms with Crippen LogP contribution in [0.2, 0.25) is 0 Å². The molecule has 0 radical (unpaired) electrons. The van der Waals surface area contributed by atoms with Gasteiger partial charge in [0.1, 0.15) is 0 Å². The van der Waals surface area contributed by atoms with Crippen LogP contribution in [0.3, 0.4) is 0 Å². The molecule has 0 N–H and O–H groups in total. The van der Waals surface area contributed by atoms with Crippen molar-refractivity contribution in [3.05, 3.63) is 23.8 Å². The molecule has 0 fully saturated rings. The van der Waals surface area contributed by atoms with Crippen molar-refractivity contribution in [2.75, 3.05) is 26.6 Å². The first-order chi connectivity index (χ1) is 8.62. The molecule has 1 unspecified atom stereocenters. The van der Waals surface area contributed by atoms with Gasteiger partial charge in [-0.3, -0.25) is 0 Å². The molecule has 0 aliphatic rings. The number of carbonyl (C=O) groups is 1. The molecule has 1 aromatic rings. The minimum Gasteiger partial charge on any atom is -0.493 e. The predicted octanol–water partition coefficient (Wildman–Crippen LogP) is 2.43. The van der Waals surface area contributed by atoms with Crippen LogP contribution < -0.4 is 9.47 Å². The van der Waals surface area contributed by atoms with Crippen molar-refractivity contribution in [2.24, 2.45) is 5.92 Å². The molecule has 1 rings (SSSR count). The second kappa shape index (κ2) is 7.16. The number of ether oxygens (including phenoxy) is 3. The average molecular weight is 270 g/mol. The highest BCUT2D eigenvalue weighted by molar-refractivity contribution is 7.80. The van der Waals surface area contributed by atoms with Crippen molar-refractivity contribution in [3.8, 4) is 11.5 Å². The summed E-state index contributed by atoms with van der Waals surface area (Å²) in [4.78, 5) is 11.4. The monoisotopic (exact) mass is 270 g/mol. The number of thiol groups is 1. The highest BCUT2D eigenvalue weighted by Gasteiger charge is 2.12. The largest absolute Gasteiger partial charge is 0.493 e. The van der Waals surface area contributed by atoms with Gasteiger partial charge in [-0.2, -0.15) is 12.6 Å². The molecule has 0 saturated carbocycles. The summed E-state index contributed by atoms with van der Waals surface area (Å²) in [7, 11) is 2.87. The smallest absolute Gasteiger partial charge is 0.337 e. The third-order valence-electron chi connectivity index (χ3n) is 2.42. The van der Waals surface area contributed by atoms with E-state index < -0.39 is 5.97 Å². The predicted molar refractivity (Wildman–Crippen MR) is 72.8 cm³/mol. The maximum Gasteiger partial charge on any atom is 0.337 e. The SMILES string of the molecule is COC(=O)c1ccc(OCC(C)CS)c(OC)c1. The summed E-state index contributed by atoms with van der Waals surface area (Å²) in [5.74, 6) is 1.83. The van der Waals surface area contributed by atoms with Gasteiger partial charge in [-0.15, -0.1) is 0 Å². The molecule has 1 atom stereocenters. The summed E-state index contributed by atoms with van der Waals surface area (Å²) in [5.41, 5.74) is 0.434. The second-order valence-electron chi connectivity index (χ2n) is 3.96. The van der Waals surface area contributed by atoms with Gasteiger partial charge in [0.25, 0.3) is 0 Å². The second-order valence-corrected chi connectivity index (χ2v) is 4.32. The van der Waals surface area contributed by atoms with Crippen LogP contribution in [0.25, 0.3) is 0 Å². The minimum absolute atomic E-state index is 0.346. The minimum atomic E-state index is -0.399. The van der Waals surface area contributed by atoms with E-state index in [-0.39, 0.29) is 0 Å². The van der Waals surface area contributed by atoms with E-state index in [0.717, 1.165) is 5.75 Å². The molecule has 0 heterocycles. The Kier molecular flexibility index (Phi) is 5.85. The van der Waals surface area contributed by atoms with Gasteiger partial charge in [0.15, 0.2) is 11.5 Å². The van der Waals surface area contributed by atoms with Gasteiger partial charge >= 0.3 is 5.97 Å². The van der Waals surface area contributed by atoms with Gasteiger partial charge in [-0.05, 0) is 29.9 Å². The van der Waals surface area contributed by atoms with Crippen LogP contribution in [0.5, 0.6) is 11.5 Å². The number of hydrogen-bond acceptors (Lipinski definition) is 5. The molecule has 18 heavy (non-hydrogen) atoms. The molecule has 0 aliphatic carbocycles. The lowest BCUT2D eigenvalue weighted by atomic mass is 10.2. The molecule has 0 aliphatic heterocycles. The molecule has 4 nitrogen and oxygen atoms in total. The van der Waals surface area contributed by atoms with E-state index in [0.29, 0.717) is 29.6 Å². The molecule has 5 heteroatoms. The zero-order chi connectivity index (χ0) is 13.5. The lowest BCUT2D eigenvalue weighted by Gasteiger charge is -2.14. The Balaban J connectivity index is 2.83. The van der Waals surface area contributed by atoms with Crippen LogP contribution in [0.15, 0.2) is 18.2 Å². The topological polar surface area (TPSA) is 44.8 Å². The number of methoxy groups -OCH3 is 2. The Bertz CT molecular complexity index is 406. The first-order valence-corrected chi connectivity index (χ1v) is 6.25. The summed E-state index contributed by atoms with van der Waals surface area (Å²) >= 11 is 4.19. The van der Waals surface area contributed by atoms with E-state index in [9.17, 15) is 4.79 Å². The maximum atomic E-state index is 11.4. The molecule has 1 aromatic carbocycles. The average Bonchev–Trinajstić information content (AvgIpc) is 2.43. The standard InChI is InChI=1S/C13H18O4S/c1-9(8-18)7-17-11-5-4-10(13(14)16-3)6-12(11)15-2/h4-6,9,18H,7-8H2,1-3H3. The van der Waals surface area contributed by atoms with Crippen molar-refractivity contribution < 1.29 is 19.0 Å². The highest BCUT2D eigenvalue weighted by atomic mass is 32.1. The van der Waals surface area contributed by atoms with Gasteiger partial charge in [-0.1, -0.05) is 6.92 Å². The van der Waals surface area contributed by atoms with Crippen LogP contribution in [-0.2, 0) is 4.74 Å². The normalized spacial score (nSPS) is 11.8. The van der Waals surface area contributed by atoms with E-state index >= 15 is 0 Å². The molecule has 100 valence electrons. The van der Waals surface area contributed by atoms with Crippen molar-refractivity contribution in [3.63, 3.8) is 0 Å². The number of rotatable bonds is 6. The number of hydrogen-bond donors (Lipinski definition) is 1. The van der Waals surface area contributed by atoms with Gasteiger partial charge in [0.2, 0.25) is 0 Å². The third kappa shape index (κ3) is 3.84. The molecule has 0 spiro atoms. The van der Waals surface area contributed by atoms with Crippen molar-refractivity contribution >= 4 is 18.6 Å². The van der Waals surface area contributed by atoms with Crippen LogP contribution in [0, 0.1) is 5.92 Å². The van der Waals surface area contributed by atoms with E-state index in [1.165, 1.54) is 14.2 Å². The molecular weight excluding hydrogens is 252 g/mol. The van der Waals surface area contributed by atoms with Gasteiger partial charge in [0.05, 0.1) is 26.4 Å². The summed E-state index contributed by atoms with van der Waals surface area (Å²) < 4.78 is 15.5. The Morgan fingerprint density at radius 2 is 2.06 bits per heavy atom. The zero-order valence-electron chi connectivity index (χ0n) is 10.8. The molecule has 0 saturated heterocycles. The molecule has 0 amide bonds. The van der Waals surface area contributed by atoms with E-state index in [4.69, 9.17) is 9.47 Å². The first-order valence-electron chi connectivity index (χ1n) is 5.62. The lowest BCUT2D eigenvalue weighted by Crippen LogP contribution is -2.10. The number of carbonyl (C=O) groups excluding carboxylic acids is 1. The fourth-order valence-corrected chi connectivity index (χ4v) is 1.42. The molecular formula is C13H18O4S. The van der Waals surface area contributed by atoms with Gasteiger partial charge in [-0.25, -0.2) is 4.79 Å². The van der Waals surface area contributed by atoms with Crippen LogP contribution in [-0.4, -0.2) is 32.5 Å². The van der Waals surface area contributed by atoms with E-state index in [1.807, 2.05) is 6.92 Å². The fourth-order valence-electron chi connectivity index (χ4n) is 1.32. The molecule has 0 bridgehead atoms. The van der Waals surface area contributed by atoms with Crippen molar-refractivity contribution in [1.29, 1.82) is 0 Å². The van der Waals surface area contributed by atoms with Crippen molar-refractivity contribution in [1.82, 2.24) is 0 Å². The Hall–Kier alpha value is -1.36. The van der Waals surface area contributed by atoms with Gasteiger partial charge < -0.3 is 14.2 Å². The maximum absolute atomic E-state index is 11.4. The van der Waals surface area contributed by atoms with E-state index in [2.05, 4.69) is 17.4 Å². The zero-order valence-corrected chi connectivity index (χ0v) is 11.7. The summed E-state index contributed by atoms with van der Waals surface area (Å²) in [6, 6.07) is 4.96.